The van der Waals surface area contributed by atoms with Crippen molar-refractivity contribution in [3.05, 3.63) is 33.6 Å². The lowest BCUT2D eigenvalue weighted by Crippen LogP contribution is -2.12. The van der Waals surface area contributed by atoms with Crippen molar-refractivity contribution in [1.29, 1.82) is 0 Å². The smallest absolute Gasteiger partial charge is 0.244 e. The molecule has 0 aliphatic rings. The molecule has 0 unspecified atom stereocenters. The molecule has 1 aromatic carbocycles. The minimum absolute atomic E-state index is 0.179. The minimum Gasteiger partial charge on any atom is -0.258 e. The summed E-state index contributed by atoms with van der Waals surface area (Å²) in [7, 11) is -3.39. The number of anilines is 1. The second-order valence-corrected chi connectivity index (χ2v) is 8.19. The summed E-state index contributed by atoms with van der Waals surface area (Å²) in [5, 5.41) is 2.93. The number of benzene rings is 1. The summed E-state index contributed by atoms with van der Waals surface area (Å²) >= 11 is 15.8. The van der Waals surface area contributed by atoms with E-state index < -0.39 is 10.0 Å². The number of rotatable bonds is 4. The van der Waals surface area contributed by atoms with Crippen molar-refractivity contribution < 1.29 is 8.42 Å². The molecule has 1 heterocycles. The van der Waals surface area contributed by atoms with Crippen molar-refractivity contribution in [3.63, 3.8) is 0 Å². The summed E-state index contributed by atoms with van der Waals surface area (Å²) in [6.45, 7) is 0. The Labute approximate surface area is 132 Å². The van der Waals surface area contributed by atoms with Crippen LogP contribution in [0.25, 0.3) is 11.3 Å². The number of sulfonamides is 1. The molecular formula is C10H7BrCl2N2O2S2. The van der Waals surface area contributed by atoms with Crippen LogP contribution in [0.4, 0.5) is 5.13 Å². The van der Waals surface area contributed by atoms with Crippen LogP contribution in [0.5, 0.6) is 0 Å². The van der Waals surface area contributed by atoms with E-state index in [0.29, 0.717) is 20.9 Å². The van der Waals surface area contributed by atoms with E-state index in [4.69, 9.17) is 23.2 Å². The molecule has 0 bridgehead atoms. The van der Waals surface area contributed by atoms with Crippen LogP contribution >= 0.6 is 50.5 Å². The average molecular weight is 402 g/mol. The number of hydrogen-bond donors (Lipinski definition) is 1. The normalized spacial score (nSPS) is 11.5. The van der Waals surface area contributed by atoms with Crippen LogP contribution in [0.2, 0.25) is 10.0 Å². The third-order valence-corrected chi connectivity index (χ3v) is 6.33. The summed E-state index contributed by atoms with van der Waals surface area (Å²) in [6, 6.07) is 5.12. The largest absolute Gasteiger partial charge is 0.258 e. The number of hydrogen-bond acceptors (Lipinski definition) is 4. The summed E-state index contributed by atoms with van der Waals surface area (Å²) in [5.41, 5.74) is 1.41. The standard InChI is InChI=1S/C10H7BrCl2N2O2S2/c11-5-19(16,17)15-10-14-9(4-18-10)6-1-2-7(12)8(13)3-6/h1-4H,5H2,(H,14,15). The van der Waals surface area contributed by atoms with Gasteiger partial charge in [0.25, 0.3) is 0 Å². The van der Waals surface area contributed by atoms with Crippen LogP contribution in [0.15, 0.2) is 23.6 Å². The quantitative estimate of drug-likeness (QED) is 0.780. The Hall–Kier alpha value is -0.340. The van der Waals surface area contributed by atoms with Gasteiger partial charge >= 0.3 is 0 Å². The highest BCUT2D eigenvalue weighted by atomic mass is 79.9. The molecule has 0 saturated carbocycles. The highest BCUT2D eigenvalue weighted by molar-refractivity contribution is 9.10. The first-order valence-corrected chi connectivity index (χ1v) is 9.29. The first-order valence-electron chi connectivity index (χ1n) is 4.89. The Morgan fingerprint density at radius 2 is 2.05 bits per heavy atom. The fourth-order valence-electron chi connectivity index (χ4n) is 1.27. The highest BCUT2D eigenvalue weighted by Gasteiger charge is 2.12. The lowest BCUT2D eigenvalue weighted by atomic mass is 10.2. The monoisotopic (exact) mass is 400 g/mol. The van der Waals surface area contributed by atoms with Gasteiger partial charge in [-0.2, -0.15) is 0 Å². The van der Waals surface area contributed by atoms with Gasteiger partial charge in [-0.3, -0.25) is 4.72 Å². The maximum atomic E-state index is 11.4. The van der Waals surface area contributed by atoms with Crippen LogP contribution in [-0.2, 0) is 10.0 Å². The van der Waals surface area contributed by atoms with Gasteiger partial charge in [0.05, 0.1) is 15.7 Å². The number of aromatic nitrogens is 1. The van der Waals surface area contributed by atoms with Gasteiger partial charge in [0, 0.05) is 10.9 Å². The molecule has 0 saturated heterocycles. The predicted octanol–water partition coefficient (Wildman–Crippen LogP) is 4.21. The zero-order valence-electron chi connectivity index (χ0n) is 9.23. The first-order chi connectivity index (χ1) is 8.91. The van der Waals surface area contributed by atoms with Gasteiger partial charge in [-0.15, -0.1) is 11.3 Å². The number of nitrogens with zero attached hydrogens (tertiary/aromatic N) is 1. The first kappa shape index (κ1) is 15.1. The summed E-state index contributed by atoms with van der Waals surface area (Å²) in [4.78, 5) is 4.19. The highest BCUT2D eigenvalue weighted by Crippen LogP contribution is 2.30. The van der Waals surface area contributed by atoms with Crippen molar-refractivity contribution in [2.45, 2.75) is 0 Å². The van der Waals surface area contributed by atoms with Gasteiger partial charge in [-0.25, -0.2) is 13.4 Å². The Balaban J connectivity index is 2.28. The van der Waals surface area contributed by atoms with Crippen molar-refractivity contribution in [1.82, 2.24) is 4.98 Å². The summed E-state index contributed by atoms with van der Waals surface area (Å²) < 4.78 is 24.9. The van der Waals surface area contributed by atoms with Crippen LogP contribution in [-0.4, -0.2) is 18.1 Å². The average Bonchev–Trinajstić information content (AvgIpc) is 2.80. The Morgan fingerprint density at radius 1 is 1.32 bits per heavy atom. The molecule has 4 nitrogen and oxygen atoms in total. The molecular weight excluding hydrogens is 395 g/mol. The van der Waals surface area contributed by atoms with Crippen molar-refractivity contribution in [2.24, 2.45) is 0 Å². The van der Waals surface area contributed by atoms with Crippen LogP contribution in [0.3, 0.4) is 0 Å². The van der Waals surface area contributed by atoms with E-state index in [0.717, 1.165) is 5.56 Å². The zero-order chi connectivity index (χ0) is 14.0. The topological polar surface area (TPSA) is 59.1 Å². The van der Waals surface area contributed by atoms with Crippen LogP contribution in [0.1, 0.15) is 0 Å². The third kappa shape index (κ3) is 3.82. The molecule has 0 aliphatic carbocycles. The molecule has 0 atom stereocenters. The molecule has 1 N–H and O–H groups in total. The van der Waals surface area contributed by atoms with Gasteiger partial charge in [0.2, 0.25) is 10.0 Å². The molecule has 2 rings (SSSR count). The third-order valence-electron chi connectivity index (χ3n) is 2.11. The molecule has 0 spiro atoms. The lowest BCUT2D eigenvalue weighted by molar-refractivity contribution is 0.606. The van der Waals surface area contributed by atoms with E-state index in [9.17, 15) is 8.42 Å². The maximum Gasteiger partial charge on any atom is 0.244 e. The van der Waals surface area contributed by atoms with Gasteiger partial charge in [0.1, 0.15) is 4.66 Å². The molecule has 0 fully saturated rings. The second kappa shape index (κ2) is 5.97. The maximum absolute atomic E-state index is 11.4. The molecule has 0 radical (unpaired) electrons. The Bertz CT molecular complexity index is 703. The fourth-order valence-corrected chi connectivity index (χ4v) is 3.41. The zero-order valence-corrected chi connectivity index (χ0v) is 14.0. The van der Waals surface area contributed by atoms with Gasteiger partial charge in [0.15, 0.2) is 5.13 Å². The lowest BCUT2D eigenvalue weighted by Gasteiger charge is -2.01. The van der Waals surface area contributed by atoms with E-state index in [2.05, 4.69) is 25.6 Å². The molecule has 2 aromatic rings. The summed E-state index contributed by atoms with van der Waals surface area (Å²) in [6.07, 6.45) is 0. The molecule has 0 amide bonds. The van der Waals surface area contributed by atoms with Crippen LogP contribution < -0.4 is 4.72 Å². The van der Waals surface area contributed by atoms with Gasteiger partial charge in [-0.05, 0) is 12.1 Å². The van der Waals surface area contributed by atoms with E-state index in [1.807, 2.05) is 0 Å². The second-order valence-electron chi connectivity index (χ2n) is 3.49. The van der Waals surface area contributed by atoms with Gasteiger partial charge < -0.3 is 0 Å². The summed E-state index contributed by atoms with van der Waals surface area (Å²) in [5.74, 6) is 0. The minimum atomic E-state index is -3.39. The van der Waals surface area contributed by atoms with E-state index in [1.165, 1.54) is 11.3 Å². The molecule has 0 aliphatic heterocycles. The van der Waals surface area contributed by atoms with Crippen molar-refractivity contribution in [2.75, 3.05) is 9.38 Å². The van der Waals surface area contributed by atoms with Crippen molar-refractivity contribution >= 4 is 65.6 Å². The van der Waals surface area contributed by atoms with E-state index in [-0.39, 0.29) is 4.66 Å². The fraction of sp³-hybridized carbons (Fsp3) is 0.100. The van der Waals surface area contributed by atoms with E-state index >= 15 is 0 Å². The SMILES string of the molecule is O=S(=O)(CBr)Nc1nc(-c2ccc(Cl)c(Cl)c2)cs1. The molecule has 102 valence electrons. The molecule has 1 aromatic heterocycles. The number of alkyl halides is 1. The van der Waals surface area contributed by atoms with Crippen LogP contribution in [0, 0.1) is 0 Å². The van der Waals surface area contributed by atoms with E-state index in [1.54, 1.807) is 23.6 Å². The van der Waals surface area contributed by atoms with Crippen molar-refractivity contribution in [3.8, 4) is 11.3 Å². The Kier molecular flexibility index (Phi) is 4.73. The van der Waals surface area contributed by atoms with Gasteiger partial charge in [-0.1, -0.05) is 45.2 Å². The molecule has 9 heteroatoms. The number of halogens is 3. The predicted molar refractivity (Wildman–Crippen MR) is 83.9 cm³/mol. The Morgan fingerprint density at radius 3 is 2.68 bits per heavy atom. The number of nitrogens with one attached hydrogen (secondary N) is 1. The number of thiazole rings is 1. The molecule has 19 heavy (non-hydrogen) atoms.